The molecule has 0 spiro atoms. The normalized spacial score (nSPS) is 14.9. The van der Waals surface area contributed by atoms with Crippen LogP contribution in [0.1, 0.15) is 29.2 Å². The van der Waals surface area contributed by atoms with E-state index < -0.39 is 4.92 Å². The highest BCUT2D eigenvalue weighted by Crippen LogP contribution is 2.29. The summed E-state index contributed by atoms with van der Waals surface area (Å²) < 4.78 is 0. The van der Waals surface area contributed by atoms with Crippen LogP contribution in [0.2, 0.25) is 0 Å². The fraction of sp³-hybridized carbons (Fsp3) is 0.259. The van der Waals surface area contributed by atoms with Crippen molar-refractivity contribution in [2.75, 3.05) is 32.7 Å². The molecule has 35 heavy (non-hydrogen) atoms. The molecule has 1 aliphatic rings. The van der Waals surface area contributed by atoms with E-state index in [1.165, 1.54) is 29.5 Å². The summed E-state index contributed by atoms with van der Waals surface area (Å²) in [6, 6.07) is 27.4. The van der Waals surface area contributed by atoms with Gasteiger partial charge in [-0.15, -0.1) is 0 Å². The first-order chi connectivity index (χ1) is 17.1. The number of carbonyl (C=O) groups excluding carboxylic acids is 1. The Hall–Kier alpha value is -3.88. The van der Waals surface area contributed by atoms with Gasteiger partial charge in [-0.1, -0.05) is 60.7 Å². The van der Waals surface area contributed by atoms with Crippen molar-refractivity contribution in [3.8, 4) is 0 Å². The third kappa shape index (κ3) is 6.81. The van der Waals surface area contributed by atoms with E-state index in [4.69, 9.17) is 0 Å². The van der Waals surface area contributed by atoms with Gasteiger partial charge in [0.1, 0.15) is 0 Å². The molecule has 0 aliphatic carbocycles. The third-order valence-electron chi connectivity index (χ3n) is 6.16. The van der Waals surface area contributed by atoms with Crippen molar-refractivity contribution in [3.63, 3.8) is 0 Å². The molecule has 4 rings (SSSR count). The second-order valence-electron chi connectivity index (χ2n) is 8.49. The van der Waals surface area contributed by atoms with Crippen molar-refractivity contribution in [3.05, 3.63) is 112 Å². The quantitative estimate of drug-likeness (QED) is 0.291. The van der Waals surface area contributed by atoms with Gasteiger partial charge in [0, 0.05) is 51.3 Å². The summed E-state index contributed by atoms with van der Waals surface area (Å²) >= 11 is 0. The topological polar surface area (TPSA) is 91.1 Å². The van der Waals surface area contributed by atoms with Gasteiger partial charge in [-0.2, -0.15) is 5.10 Å². The van der Waals surface area contributed by atoms with Gasteiger partial charge >= 0.3 is 0 Å². The average Bonchev–Trinajstić information content (AvgIpc) is 2.90. The number of nitro benzene ring substituents is 1. The van der Waals surface area contributed by atoms with Crippen LogP contribution in [0.5, 0.6) is 0 Å². The summed E-state index contributed by atoms with van der Waals surface area (Å²) in [5.41, 5.74) is 5.81. The molecule has 1 amide bonds. The van der Waals surface area contributed by atoms with E-state index in [1.807, 2.05) is 12.1 Å². The molecule has 1 N–H and O–H groups in total. The number of hydrogen-bond donors (Lipinski definition) is 1. The lowest BCUT2D eigenvalue weighted by atomic mass is 9.96. The standard InChI is InChI=1S/C27H29N5O3/c33-26(29-28-21-22-11-13-25(14-12-22)32(34)35)15-16-30-17-19-31(20-18-30)27(23-7-3-1-4-8-23)24-9-5-2-6-10-24/h1-14,21,27H,15-20H2,(H,29,33)/b28-21+. The smallest absolute Gasteiger partial charge is 0.269 e. The molecule has 0 unspecified atom stereocenters. The number of rotatable bonds is 9. The predicted octanol–water partition coefficient (Wildman–Crippen LogP) is 3.84. The molecule has 180 valence electrons. The number of nitrogens with one attached hydrogen (secondary N) is 1. The first-order valence-corrected chi connectivity index (χ1v) is 11.7. The van der Waals surface area contributed by atoms with Crippen molar-refractivity contribution >= 4 is 17.8 Å². The highest BCUT2D eigenvalue weighted by molar-refractivity contribution is 5.82. The molecule has 0 atom stereocenters. The summed E-state index contributed by atoms with van der Waals surface area (Å²) in [5, 5.41) is 14.7. The highest BCUT2D eigenvalue weighted by Gasteiger charge is 2.26. The van der Waals surface area contributed by atoms with Crippen LogP contribution in [0.15, 0.2) is 90.0 Å². The van der Waals surface area contributed by atoms with E-state index in [1.54, 1.807) is 12.1 Å². The Morgan fingerprint density at radius 1 is 0.914 bits per heavy atom. The minimum atomic E-state index is -0.452. The molecule has 1 fully saturated rings. The predicted molar refractivity (Wildman–Crippen MR) is 136 cm³/mol. The second kappa shape index (κ2) is 12.0. The Labute approximate surface area is 205 Å². The number of non-ortho nitro benzene ring substituents is 1. The molecular formula is C27H29N5O3. The van der Waals surface area contributed by atoms with Crippen LogP contribution in [0.25, 0.3) is 0 Å². The maximum Gasteiger partial charge on any atom is 0.269 e. The number of piperazine rings is 1. The van der Waals surface area contributed by atoms with Crippen molar-refractivity contribution in [1.29, 1.82) is 0 Å². The number of carbonyl (C=O) groups is 1. The zero-order valence-electron chi connectivity index (χ0n) is 19.5. The van der Waals surface area contributed by atoms with Crippen molar-refractivity contribution < 1.29 is 9.72 Å². The molecule has 0 saturated carbocycles. The molecule has 3 aromatic rings. The number of amides is 1. The lowest BCUT2D eigenvalue weighted by Crippen LogP contribution is -2.48. The van der Waals surface area contributed by atoms with Gasteiger partial charge in [-0.3, -0.25) is 19.8 Å². The first kappa shape index (κ1) is 24.3. The van der Waals surface area contributed by atoms with Crippen LogP contribution >= 0.6 is 0 Å². The molecular weight excluding hydrogens is 442 g/mol. The Morgan fingerprint density at radius 3 is 2.03 bits per heavy atom. The Bertz CT molecular complexity index is 1090. The first-order valence-electron chi connectivity index (χ1n) is 11.7. The summed E-state index contributed by atoms with van der Waals surface area (Å²) in [4.78, 5) is 27.3. The molecule has 8 nitrogen and oxygen atoms in total. The van der Waals surface area contributed by atoms with E-state index in [2.05, 4.69) is 68.9 Å². The van der Waals surface area contributed by atoms with Gasteiger partial charge in [0.15, 0.2) is 0 Å². The molecule has 8 heteroatoms. The number of hydrogen-bond acceptors (Lipinski definition) is 6. The van der Waals surface area contributed by atoms with E-state index in [0.717, 1.165) is 26.2 Å². The van der Waals surface area contributed by atoms with Crippen LogP contribution in [-0.2, 0) is 4.79 Å². The van der Waals surface area contributed by atoms with Gasteiger partial charge in [0.2, 0.25) is 5.91 Å². The summed E-state index contributed by atoms with van der Waals surface area (Å²) in [5.74, 6) is -0.156. The third-order valence-corrected chi connectivity index (χ3v) is 6.16. The lowest BCUT2D eigenvalue weighted by molar-refractivity contribution is -0.384. The van der Waals surface area contributed by atoms with E-state index in [-0.39, 0.29) is 17.6 Å². The summed E-state index contributed by atoms with van der Waals surface area (Å²) in [7, 11) is 0. The van der Waals surface area contributed by atoms with Crippen molar-refractivity contribution in [2.24, 2.45) is 5.10 Å². The van der Waals surface area contributed by atoms with E-state index >= 15 is 0 Å². The Balaban J connectivity index is 1.25. The molecule has 1 heterocycles. The average molecular weight is 472 g/mol. The van der Waals surface area contributed by atoms with E-state index in [9.17, 15) is 14.9 Å². The van der Waals surface area contributed by atoms with Gasteiger partial charge in [-0.05, 0) is 28.8 Å². The molecule has 1 aliphatic heterocycles. The highest BCUT2D eigenvalue weighted by atomic mass is 16.6. The molecule has 0 radical (unpaired) electrons. The zero-order chi connectivity index (χ0) is 24.5. The number of nitrogens with zero attached hydrogens (tertiary/aromatic N) is 4. The molecule has 1 saturated heterocycles. The van der Waals surface area contributed by atoms with Crippen LogP contribution in [0, 0.1) is 10.1 Å². The maximum atomic E-state index is 12.2. The fourth-order valence-electron chi connectivity index (χ4n) is 4.31. The number of nitro groups is 1. The molecule has 0 bridgehead atoms. The lowest BCUT2D eigenvalue weighted by Gasteiger charge is -2.39. The van der Waals surface area contributed by atoms with Gasteiger partial charge in [0.25, 0.3) is 5.69 Å². The van der Waals surface area contributed by atoms with Crippen molar-refractivity contribution in [1.82, 2.24) is 15.2 Å². The Morgan fingerprint density at radius 2 is 1.49 bits per heavy atom. The number of benzene rings is 3. The fourth-order valence-corrected chi connectivity index (χ4v) is 4.31. The summed E-state index contributed by atoms with van der Waals surface area (Å²) in [6.07, 6.45) is 1.84. The van der Waals surface area contributed by atoms with Gasteiger partial charge in [-0.25, -0.2) is 5.43 Å². The SMILES string of the molecule is O=C(CCN1CCN(C(c2ccccc2)c2ccccc2)CC1)N/N=C/c1ccc([N+](=O)[O-])cc1. The summed E-state index contributed by atoms with van der Waals surface area (Å²) in [6.45, 7) is 4.32. The van der Waals surface area contributed by atoms with E-state index in [0.29, 0.717) is 18.5 Å². The maximum absolute atomic E-state index is 12.2. The monoisotopic (exact) mass is 471 g/mol. The van der Waals surface area contributed by atoms with Crippen molar-refractivity contribution in [2.45, 2.75) is 12.5 Å². The number of hydrazone groups is 1. The van der Waals surface area contributed by atoms with Crippen LogP contribution < -0.4 is 5.43 Å². The van der Waals surface area contributed by atoms with Crippen LogP contribution in [0.4, 0.5) is 5.69 Å². The minimum absolute atomic E-state index is 0.0186. The molecule has 3 aromatic carbocycles. The van der Waals surface area contributed by atoms with Gasteiger partial charge < -0.3 is 4.90 Å². The van der Waals surface area contributed by atoms with Crippen LogP contribution in [0.3, 0.4) is 0 Å². The van der Waals surface area contributed by atoms with Crippen LogP contribution in [-0.4, -0.2) is 59.6 Å². The second-order valence-corrected chi connectivity index (χ2v) is 8.49. The Kier molecular flexibility index (Phi) is 8.32. The molecule has 0 aromatic heterocycles. The largest absolute Gasteiger partial charge is 0.300 e. The van der Waals surface area contributed by atoms with Gasteiger partial charge in [0.05, 0.1) is 17.2 Å². The minimum Gasteiger partial charge on any atom is -0.300 e. The zero-order valence-corrected chi connectivity index (χ0v) is 19.5.